The summed E-state index contributed by atoms with van der Waals surface area (Å²) < 4.78 is 0. The molecule has 1 aliphatic rings. The van der Waals surface area contributed by atoms with E-state index in [4.69, 9.17) is 0 Å². The Bertz CT molecular complexity index is 346. The Hall–Kier alpha value is -0.710. The second-order valence-corrected chi connectivity index (χ2v) is 6.90. The molecule has 0 bridgehead atoms. The predicted octanol–water partition coefficient (Wildman–Crippen LogP) is 1.89. The van der Waals surface area contributed by atoms with Gasteiger partial charge >= 0.3 is 0 Å². The Balaban J connectivity index is 2.91. The molecule has 1 heterocycles. The van der Waals surface area contributed by atoms with Crippen LogP contribution in [0.4, 0.5) is 0 Å². The zero-order valence-corrected chi connectivity index (χ0v) is 13.5. The van der Waals surface area contributed by atoms with Gasteiger partial charge in [-0.3, -0.25) is 9.59 Å². The fourth-order valence-corrected chi connectivity index (χ4v) is 3.23. The number of nitrogens with zero attached hydrogens (tertiary/aromatic N) is 1. The average Bonchev–Trinajstić information content (AvgIpc) is 2.33. The van der Waals surface area contributed by atoms with Crippen LogP contribution in [0.2, 0.25) is 0 Å². The first-order valence-corrected chi connectivity index (χ1v) is 8.16. The van der Waals surface area contributed by atoms with E-state index in [9.17, 15) is 9.59 Å². The molecule has 4 nitrogen and oxygen atoms in total. The number of carbonyl (C=O) groups excluding carboxylic acids is 2. The van der Waals surface area contributed by atoms with Crippen LogP contribution in [0.1, 0.15) is 41.0 Å². The first kappa shape index (κ1) is 16.3. The molecule has 0 spiro atoms. The maximum Gasteiger partial charge on any atom is 0.246 e. The number of hydrogen-bond acceptors (Lipinski definition) is 3. The third kappa shape index (κ3) is 3.88. The first-order valence-electron chi connectivity index (χ1n) is 7.00. The van der Waals surface area contributed by atoms with Crippen LogP contribution < -0.4 is 5.32 Å². The van der Waals surface area contributed by atoms with Crippen molar-refractivity contribution in [2.75, 3.05) is 18.1 Å². The van der Waals surface area contributed by atoms with Crippen molar-refractivity contribution in [3.05, 3.63) is 0 Å². The van der Waals surface area contributed by atoms with Crippen LogP contribution >= 0.6 is 11.8 Å². The molecule has 1 aliphatic heterocycles. The van der Waals surface area contributed by atoms with Crippen molar-refractivity contribution >= 4 is 23.6 Å². The molecule has 1 rings (SSSR count). The minimum atomic E-state index is -0.715. The molecule has 0 aromatic heterocycles. The Kier molecular flexibility index (Phi) is 5.71. The smallest absolute Gasteiger partial charge is 0.246 e. The zero-order chi connectivity index (χ0) is 14.6. The molecule has 0 aromatic rings. The number of thioether (sulfide) groups is 1. The van der Waals surface area contributed by atoms with Gasteiger partial charge in [0.1, 0.15) is 5.54 Å². The van der Waals surface area contributed by atoms with Crippen LogP contribution in [0.25, 0.3) is 0 Å². The molecule has 0 aliphatic carbocycles. The minimum Gasteiger partial charge on any atom is -0.352 e. The van der Waals surface area contributed by atoms with E-state index < -0.39 is 5.54 Å². The van der Waals surface area contributed by atoms with Crippen LogP contribution in [0.5, 0.6) is 0 Å². The molecule has 5 heteroatoms. The summed E-state index contributed by atoms with van der Waals surface area (Å²) in [7, 11) is 0. The van der Waals surface area contributed by atoms with Crippen LogP contribution in [0.15, 0.2) is 0 Å². The number of nitrogens with one attached hydrogen (secondary N) is 1. The summed E-state index contributed by atoms with van der Waals surface area (Å²) in [5.41, 5.74) is -0.715. The molecule has 110 valence electrons. The number of rotatable bonds is 5. The molecular formula is C14H26N2O2S. The molecule has 0 aromatic carbocycles. The fourth-order valence-electron chi connectivity index (χ4n) is 2.12. The normalized spacial score (nSPS) is 25.6. The van der Waals surface area contributed by atoms with Crippen molar-refractivity contribution < 1.29 is 9.59 Å². The van der Waals surface area contributed by atoms with Crippen molar-refractivity contribution in [1.82, 2.24) is 10.2 Å². The second kappa shape index (κ2) is 6.64. The predicted molar refractivity (Wildman–Crippen MR) is 80.2 cm³/mol. The number of carbonyl (C=O) groups is 2. The van der Waals surface area contributed by atoms with Crippen LogP contribution in [-0.4, -0.2) is 46.3 Å². The minimum absolute atomic E-state index is 0.0358. The van der Waals surface area contributed by atoms with Gasteiger partial charge in [-0.15, -0.1) is 11.8 Å². The van der Waals surface area contributed by atoms with Crippen LogP contribution in [0.3, 0.4) is 0 Å². The zero-order valence-electron chi connectivity index (χ0n) is 12.7. The molecule has 0 radical (unpaired) electrons. The van der Waals surface area contributed by atoms with Crippen LogP contribution in [-0.2, 0) is 9.59 Å². The van der Waals surface area contributed by atoms with E-state index in [1.54, 1.807) is 16.7 Å². The Morgan fingerprint density at radius 1 is 1.47 bits per heavy atom. The number of amides is 2. The summed E-state index contributed by atoms with van der Waals surface area (Å²) in [5.74, 6) is 1.62. The van der Waals surface area contributed by atoms with E-state index in [0.717, 1.165) is 6.42 Å². The largest absolute Gasteiger partial charge is 0.352 e. The van der Waals surface area contributed by atoms with Crippen molar-refractivity contribution in [1.29, 1.82) is 0 Å². The van der Waals surface area contributed by atoms with Gasteiger partial charge in [0.05, 0.1) is 5.75 Å². The van der Waals surface area contributed by atoms with E-state index in [-0.39, 0.29) is 17.9 Å². The van der Waals surface area contributed by atoms with E-state index in [2.05, 4.69) is 19.2 Å². The number of hydrogen-bond donors (Lipinski definition) is 1. The van der Waals surface area contributed by atoms with Crippen LogP contribution in [0, 0.1) is 5.92 Å². The van der Waals surface area contributed by atoms with Gasteiger partial charge in [-0.2, -0.15) is 0 Å². The lowest BCUT2D eigenvalue weighted by molar-refractivity contribution is -0.145. The van der Waals surface area contributed by atoms with E-state index in [0.29, 0.717) is 24.0 Å². The first-order chi connectivity index (χ1) is 8.81. The van der Waals surface area contributed by atoms with Gasteiger partial charge in [0, 0.05) is 18.3 Å². The molecule has 2 atom stereocenters. The fraction of sp³-hybridized carbons (Fsp3) is 0.857. The highest BCUT2D eigenvalue weighted by atomic mass is 32.2. The lowest BCUT2D eigenvalue weighted by Gasteiger charge is -2.44. The molecule has 2 unspecified atom stereocenters. The molecule has 2 amide bonds. The van der Waals surface area contributed by atoms with Gasteiger partial charge in [-0.05, 0) is 26.7 Å². The lowest BCUT2D eigenvalue weighted by atomic mass is 9.97. The lowest BCUT2D eigenvalue weighted by Crippen LogP contribution is -2.64. The molecule has 1 N–H and O–H groups in total. The molecule has 0 saturated carbocycles. The van der Waals surface area contributed by atoms with Gasteiger partial charge in [0.25, 0.3) is 0 Å². The SMILES string of the molecule is CCC(C)CN1C(=O)CSCC1(C)C(=O)NC(C)C. The van der Waals surface area contributed by atoms with Crippen molar-refractivity contribution in [2.45, 2.75) is 52.6 Å². The Morgan fingerprint density at radius 2 is 2.11 bits per heavy atom. The van der Waals surface area contributed by atoms with E-state index in [1.165, 1.54) is 0 Å². The highest BCUT2D eigenvalue weighted by molar-refractivity contribution is 8.00. The second-order valence-electron chi connectivity index (χ2n) is 5.91. The quantitative estimate of drug-likeness (QED) is 0.839. The van der Waals surface area contributed by atoms with Crippen molar-refractivity contribution in [3.63, 3.8) is 0 Å². The van der Waals surface area contributed by atoms with Crippen molar-refractivity contribution in [2.24, 2.45) is 5.92 Å². The average molecular weight is 286 g/mol. The van der Waals surface area contributed by atoms with Gasteiger partial charge in [-0.25, -0.2) is 0 Å². The van der Waals surface area contributed by atoms with Gasteiger partial charge in [-0.1, -0.05) is 20.3 Å². The third-order valence-corrected chi connectivity index (χ3v) is 4.82. The van der Waals surface area contributed by atoms with Gasteiger partial charge in [0.15, 0.2) is 0 Å². The maximum atomic E-state index is 12.4. The summed E-state index contributed by atoms with van der Waals surface area (Å²) in [5, 5.41) is 2.95. The highest BCUT2D eigenvalue weighted by Crippen LogP contribution is 2.29. The van der Waals surface area contributed by atoms with Gasteiger partial charge in [0.2, 0.25) is 11.8 Å². The standard InChI is InChI=1S/C14H26N2O2S/c1-6-11(4)7-16-12(17)8-19-9-14(16,5)13(18)15-10(2)3/h10-11H,6-9H2,1-5H3,(H,15,18). The Morgan fingerprint density at radius 3 is 2.63 bits per heavy atom. The van der Waals surface area contributed by atoms with E-state index >= 15 is 0 Å². The van der Waals surface area contributed by atoms with E-state index in [1.807, 2.05) is 20.8 Å². The summed E-state index contributed by atoms with van der Waals surface area (Å²) in [6.45, 7) is 10.7. The summed E-state index contributed by atoms with van der Waals surface area (Å²) in [4.78, 5) is 26.4. The monoisotopic (exact) mass is 286 g/mol. The summed E-state index contributed by atoms with van der Waals surface area (Å²) in [6, 6.07) is 0.0943. The molecule has 19 heavy (non-hydrogen) atoms. The third-order valence-electron chi connectivity index (χ3n) is 3.61. The Labute approximate surface area is 120 Å². The topological polar surface area (TPSA) is 49.4 Å². The highest BCUT2D eigenvalue weighted by Gasteiger charge is 2.45. The molecule has 1 fully saturated rings. The van der Waals surface area contributed by atoms with Gasteiger partial charge < -0.3 is 10.2 Å². The maximum absolute atomic E-state index is 12.4. The molecule has 1 saturated heterocycles. The summed E-state index contributed by atoms with van der Waals surface area (Å²) in [6.07, 6.45) is 1.01. The molecular weight excluding hydrogens is 260 g/mol. The summed E-state index contributed by atoms with van der Waals surface area (Å²) >= 11 is 1.55. The van der Waals surface area contributed by atoms with Crippen molar-refractivity contribution in [3.8, 4) is 0 Å².